The Hall–Kier alpha value is -0.870. The van der Waals surface area contributed by atoms with Crippen LogP contribution in [0.2, 0.25) is 0 Å². The summed E-state index contributed by atoms with van der Waals surface area (Å²) in [5, 5.41) is 0. The van der Waals surface area contributed by atoms with E-state index in [-0.39, 0.29) is 6.04 Å². The monoisotopic (exact) mass is 266 g/mol. The third kappa shape index (κ3) is 1.58. The second-order valence-electron chi connectivity index (χ2n) is 4.00. The molecule has 1 aliphatic carbocycles. The van der Waals surface area contributed by atoms with E-state index in [1.807, 2.05) is 18.2 Å². The lowest BCUT2D eigenvalue weighted by Crippen LogP contribution is -2.12. The Morgan fingerprint density at radius 1 is 1.47 bits per heavy atom. The number of nitrogens with two attached hydrogens (primary N) is 1. The summed E-state index contributed by atoms with van der Waals surface area (Å²) in [5.74, 6) is 1.23. The summed E-state index contributed by atoms with van der Waals surface area (Å²) in [6, 6.07) is 5.79. The van der Waals surface area contributed by atoms with Crippen LogP contribution >= 0.6 is 15.9 Å². The summed E-state index contributed by atoms with van der Waals surface area (Å²) in [6.07, 6.45) is 2.39. The third-order valence-electron chi connectivity index (χ3n) is 2.80. The molecule has 0 spiro atoms. The van der Waals surface area contributed by atoms with Gasteiger partial charge in [0.1, 0.15) is 5.52 Å². The highest BCUT2D eigenvalue weighted by atomic mass is 79.9. The number of nitrogens with zero attached hydrogens (tertiary/aromatic N) is 1. The molecule has 3 nitrogen and oxygen atoms in total. The molecular weight excluding hydrogens is 256 g/mol. The Balaban J connectivity index is 2.09. The normalized spacial score (nSPS) is 18.3. The Labute approximate surface area is 95.8 Å². The number of oxazole rings is 1. The molecule has 4 heteroatoms. The largest absolute Gasteiger partial charge is 0.438 e. The van der Waals surface area contributed by atoms with Crippen molar-refractivity contribution in [3.63, 3.8) is 0 Å². The highest BCUT2D eigenvalue weighted by Gasteiger charge is 2.32. The lowest BCUT2D eigenvalue weighted by molar-refractivity contribution is 0.447. The van der Waals surface area contributed by atoms with Gasteiger partial charge in [-0.3, -0.25) is 0 Å². The summed E-state index contributed by atoms with van der Waals surface area (Å²) in [4.78, 5) is 4.41. The molecule has 2 aromatic rings. The highest BCUT2D eigenvalue weighted by molar-refractivity contribution is 9.10. The molecule has 0 amide bonds. The molecule has 78 valence electrons. The second kappa shape index (κ2) is 3.32. The van der Waals surface area contributed by atoms with Gasteiger partial charge in [-0.1, -0.05) is 6.07 Å². The van der Waals surface area contributed by atoms with Crippen LogP contribution in [-0.4, -0.2) is 4.98 Å². The summed E-state index contributed by atoms with van der Waals surface area (Å²) in [6.45, 7) is 0. The van der Waals surface area contributed by atoms with Gasteiger partial charge in [-0.05, 0) is 46.8 Å². The molecule has 1 aromatic carbocycles. The molecule has 0 saturated heterocycles. The number of fused-ring (bicyclic) bond motifs is 1. The van der Waals surface area contributed by atoms with E-state index in [1.54, 1.807) is 0 Å². The van der Waals surface area contributed by atoms with E-state index in [2.05, 4.69) is 20.9 Å². The Morgan fingerprint density at radius 3 is 2.93 bits per heavy atom. The molecule has 1 unspecified atom stereocenters. The van der Waals surface area contributed by atoms with Crippen LogP contribution in [0.4, 0.5) is 0 Å². The summed E-state index contributed by atoms with van der Waals surface area (Å²) in [5.41, 5.74) is 7.71. The van der Waals surface area contributed by atoms with Gasteiger partial charge in [0.05, 0.1) is 10.5 Å². The standard InChI is InChI=1S/C11H11BrN2O/c12-7-2-1-3-8-10(7)15-11(14-8)9(13)6-4-5-6/h1-3,6,9H,4-5,13H2. The molecule has 1 aliphatic rings. The van der Waals surface area contributed by atoms with Crippen molar-refractivity contribution in [3.05, 3.63) is 28.6 Å². The number of hydrogen-bond acceptors (Lipinski definition) is 3. The fraction of sp³-hybridized carbons (Fsp3) is 0.364. The molecule has 1 aromatic heterocycles. The van der Waals surface area contributed by atoms with Crippen molar-refractivity contribution in [1.29, 1.82) is 0 Å². The number of hydrogen-bond donors (Lipinski definition) is 1. The maximum atomic E-state index is 6.04. The van der Waals surface area contributed by atoms with Gasteiger partial charge in [-0.2, -0.15) is 0 Å². The van der Waals surface area contributed by atoms with Crippen molar-refractivity contribution in [2.24, 2.45) is 11.7 Å². The third-order valence-corrected chi connectivity index (χ3v) is 3.42. The van der Waals surface area contributed by atoms with Gasteiger partial charge in [0.25, 0.3) is 0 Å². The molecule has 0 radical (unpaired) electrons. The van der Waals surface area contributed by atoms with Gasteiger partial charge in [-0.15, -0.1) is 0 Å². The number of aromatic nitrogens is 1. The molecule has 1 fully saturated rings. The highest BCUT2D eigenvalue weighted by Crippen LogP contribution is 2.40. The molecule has 1 atom stereocenters. The topological polar surface area (TPSA) is 52.0 Å². The average molecular weight is 267 g/mol. The Morgan fingerprint density at radius 2 is 2.27 bits per heavy atom. The first-order valence-electron chi connectivity index (χ1n) is 5.06. The van der Waals surface area contributed by atoms with Crippen molar-refractivity contribution in [2.75, 3.05) is 0 Å². The predicted octanol–water partition coefficient (Wildman–Crippen LogP) is 3.00. The summed E-state index contributed by atoms with van der Waals surface area (Å²) in [7, 11) is 0. The Kier molecular flexibility index (Phi) is 2.07. The molecule has 3 rings (SSSR count). The van der Waals surface area contributed by atoms with Crippen LogP contribution in [0.3, 0.4) is 0 Å². The first-order chi connectivity index (χ1) is 7.25. The van der Waals surface area contributed by atoms with E-state index in [0.29, 0.717) is 11.8 Å². The van der Waals surface area contributed by atoms with E-state index >= 15 is 0 Å². The fourth-order valence-electron chi connectivity index (χ4n) is 1.73. The molecule has 0 aliphatic heterocycles. The van der Waals surface area contributed by atoms with Crippen LogP contribution in [0.5, 0.6) is 0 Å². The lowest BCUT2D eigenvalue weighted by atomic mass is 10.2. The quantitative estimate of drug-likeness (QED) is 0.909. The van der Waals surface area contributed by atoms with Crippen LogP contribution < -0.4 is 5.73 Å². The molecule has 15 heavy (non-hydrogen) atoms. The first kappa shape index (κ1) is 9.36. The zero-order valence-corrected chi connectivity index (χ0v) is 9.70. The number of rotatable bonds is 2. The van der Waals surface area contributed by atoms with Crippen molar-refractivity contribution in [1.82, 2.24) is 4.98 Å². The van der Waals surface area contributed by atoms with Crippen LogP contribution in [0, 0.1) is 5.92 Å². The minimum Gasteiger partial charge on any atom is -0.438 e. The minimum atomic E-state index is -0.0377. The smallest absolute Gasteiger partial charge is 0.212 e. The average Bonchev–Trinajstić information content (AvgIpc) is 2.97. The molecular formula is C11H11BrN2O. The van der Waals surface area contributed by atoms with Gasteiger partial charge in [0.15, 0.2) is 5.58 Å². The van der Waals surface area contributed by atoms with Gasteiger partial charge in [0, 0.05) is 0 Å². The SMILES string of the molecule is NC(c1nc2cccc(Br)c2o1)C1CC1. The van der Waals surface area contributed by atoms with E-state index < -0.39 is 0 Å². The van der Waals surface area contributed by atoms with Crippen molar-refractivity contribution in [2.45, 2.75) is 18.9 Å². The van der Waals surface area contributed by atoms with E-state index in [0.717, 1.165) is 15.6 Å². The zero-order valence-electron chi connectivity index (χ0n) is 8.11. The molecule has 0 bridgehead atoms. The van der Waals surface area contributed by atoms with Crippen LogP contribution in [0.25, 0.3) is 11.1 Å². The molecule has 1 saturated carbocycles. The van der Waals surface area contributed by atoms with Gasteiger partial charge in [-0.25, -0.2) is 4.98 Å². The summed E-state index contributed by atoms with van der Waals surface area (Å²) >= 11 is 3.44. The van der Waals surface area contributed by atoms with E-state index in [4.69, 9.17) is 10.2 Å². The van der Waals surface area contributed by atoms with Crippen molar-refractivity contribution in [3.8, 4) is 0 Å². The van der Waals surface area contributed by atoms with Gasteiger partial charge >= 0.3 is 0 Å². The van der Waals surface area contributed by atoms with Gasteiger partial charge < -0.3 is 10.2 Å². The van der Waals surface area contributed by atoms with Crippen LogP contribution in [-0.2, 0) is 0 Å². The molecule has 2 N–H and O–H groups in total. The maximum absolute atomic E-state index is 6.04. The van der Waals surface area contributed by atoms with Crippen molar-refractivity contribution < 1.29 is 4.42 Å². The first-order valence-corrected chi connectivity index (χ1v) is 5.85. The lowest BCUT2D eigenvalue weighted by Gasteiger charge is -2.02. The van der Waals surface area contributed by atoms with Gasteiger partial charge in [0.2, 0.25) is 5.89 Å². The maximum Gasteiger partial charge on any atom is 0.212 e. The number of para-hydroxylation sites is 1. The number of halogens is 1. The van der Waals surface area contributed by atoms with Crippen LogP contribution in [0.15, 0.2) is 27.1 Å². The van der Waals surface area contributed by atoms with Crippen LogP contribution in [0.1, 0.15) is 24.8 Å². The van der Waals surface area contributed by atoms with Crippen molar-refractivity contribution >= 4 is 27.0 Å². The van der Waals surface area contributed by atoms with E-state index in [9.17, 15) is 0 Å². The second-order valence-corrected chi connectivity index (χ2v) is 4.86. The predicted molar refractivity (Wildman–Crippen MR) is 61.4 cm³/mol. The molecule has 1 heterocycles. The number of benzene rings is 1. The summed E-state index contributed by atoms with van der Waals surface area (Å²) < 4.78 is 6.61. The fourth-order valence-corrected chi connectivity index (χ4v) is 2.17. The Bertz CT molecular complexity index is 504. The van der Waals surface area contributed by atoms with E-state index in [1.165, 1.54) is 12.8 Å². The minimum absolute atomic E-state index is 0.0377. The zero-order chi connectivity index (χ0) is 10.4.